The predicted octanol–water partition coefficient (Wildman–Crippen LogP) is 2.85. The highest BCUT2D eigenvalue weighted by molar-refractivity contribution is 7.89. The van der Waals surface area contributed by atoms with Crippen molar-refractivity contribution in [3.05, 3.63) is 65.5 Å². The first kappa shape index (κ1) is 19.5. The Kier molecular flexibility index (Phi) is 5.92. The third-order valence-electron chi connectivity index (χ3n) is 4.92. The van der Waals surface area contributed by atoms with Crippen LogP contribution in [0, 0.1) is 18.7 Å². The van der Waals surface area contributed by atoms with Gasteiger partial charge in [0, 0.05) is 19.6 Å². The Labute approximate surface area is 159 Å². The molecule has 144 valence electrons. The van der Waals surface area contributed by atoms with E-state index in [0.29, 0.717) is 25.9 Å². The summed E-state index contributed by atoms with van der Waals surface area (Å²) in [6.07, 6.45) is 1.26. The third-order valence-corrected chi connectivity index (χ3v) is 6.80. The monoisotopic (exact) mass is 390 g/mol. The molecule has 1 N–H and O–H groups in total. The number of benzene rings is 2. The topological polar surface area (TPSA) is 66.5 Å². The van der Waals surface area contributed by atoms with E-state index in [1.165, 1.54) is 16.4 Å². The first-order valence-electron chi connectivity index (χ1n) is 8.96. The minimum atomic E-state index is -3.73. The number of hydrogen-bond acceptors (Lipinski definition) is 3. The van der Waals surface area contributed by atoms with Crippen molar-refractivity contribution in [2.75, 3.05) is 13.1 Å². The van der Waals surface area contributed by atoms with Gasteiger partial charge in [-0.05, 0) is 55.2 Å². The number of rotatable bonds is 5. The van der Waals surface area contributed by atoms with Crippen molar-refractivity contribution in [1.29, 1.82) is 0 Å². The summed E-state index contributed by atoms with van der Waals surface area (Å²) in [5, 5.41) is 2.92. The van der Waals surface area contributed by atoms with Crippen molar-refractivity contribution in [2.24, 2.45) is 5.92 Å². The molecule has 3 rings (SSSR count). The molecule has 0 saturated carbocycles. The minimum absolute atomic E-state index is 0.0462. The lowest BCUT2D eigenvalue weighted by molar-refractivity contribution is -0.126. The number of sulfonamides is 1. The van der Waals surface area contributed by atoms with Gasteiger partial charge in [0.05, 0.1) is 10.8 Å². The molecule has 2 aromatic rings. The van der Waals surface area contributed by atoms with E-state index in [1.54, 1.807) is 0 Å². The maximum absolute atomic E-state index is 13.1. The van der Waals surface area contributed by atoms with Gasteiger partial charge < -0.3 is 5.32 Å². The summed E-state index contributed by atoms with van der Waals surface area (Å²) in [4.78, 5) is 12.6. The SMILES string of the molecule is Cc1ccccc1CNC(=O)C1CCCN(S(=O)(=O)c2ccc(F)cc2)C1. The van der Waals surface area contributed by atoms with E-state index in [0.717, 1.165) is 23.3 Å². The highest BCUT2D eigenvalue weighted by Gasteiger charge is 2.33. The zero-order valence-electron chi connectivity index (χ0n) is 15.2. The number of hydrogen-bond donors (Lipinski definition) is 1. The second-order valence-electron chi connectivity index (χ2n) is 6.80. The molecule has 5 nitrogen and oxygen atoms in total. The van der Waals surface area contributed by atoms with Gasteiger partial charge in [-0.25, -0.2) is 12.8 Å². The Balaban J connectivity index is 1.65. The molecule has 1 fully saturated rings. The number of piperidine rings is 1. The zero-order valence-corrected chi connectivity index (χ0v) is 16.0. The van der Waals surface area contributed by atoms with E-state index in [1.807, 2.05) is 31.2 Å². The lowest BCUT2D eigenvalue weighted by Crippen LogP contribution is -2.45. The van der Waals surface area contributed by atoms with Crippen LogP contribution in [0.5, 0.6) is 0 Å². The molecule has 1 heterocycles. The molecule has 27 heavy (non-hydrogen) atoms. The van der Waals surface area contributed by atoms with E-state index < -0.39 is 21.8 Å². The number of nitrogens with one attached hydrogen (secondary N) is 1. The van der Waals surface area contributed by atoms with Gasteiger partial charge in [0.15, 0.2) is 0 Å². The summed E-state index contributed by atoms with van der Waals surface area (Å²) in [6, 6.07) is 12.6. The molecule has 0 aliphatic carbocycles. The van der Waals surface area contributed by atoms with Crippen molar-refractivity contribution < 1.29 is 17.6 Å². The number of halogens is 1. The molecule has 0 aromatic heterocycles. The molecule has 1 aliphatic rings. The number of aryl methyl sites for hydroxylation is 1. The standard InChI is InChI=1S/C20H23FN2O3S/c1-15-5-2-3-6-16(15)13-22-20(24)17-7-4-12-23(14-17)27(25,26)19-10-8-18(21)9-11-19/h2-3,5-6,8-11,17H,4,7,12-14H2,1H3,(H,22,24). The van der Waals surface area contributed by atoms with Crippen molar-refractivity contribution in [1.82, 2.24) is 9.62 Å². The quantitative estimate of drug-likeness (QED) is 0.854. The number of carbonyl (C=O) groups is 1. The van der Waals surface area contributed by atoms with Gasteiger partial charge in [-0.1, -0.05) is 24.3 Å². The number of amides is 1. The molecule has 1 amide bonds. The Bertz CT molecular complexity index is 913. The first-order chi connectivity index (χ1) is 12.9. The Morgan fingerprint density at radius 1 is 1.19 bits per heavy atom. The molecular formula is C20H23FN2O3S. The van der Waals surface area contributed by atoms with Gasteiger partial charge in [0.2, 0.25) is 15.9 Å². The fraction of sp³-hybridized carbons (Fsp3) is 0.350. The fourth-order valence-electron chi connectivity index (χ4n) is 3.27. The van der Waals surface area contributed by atoms with Crippen molar-refractivity contribution in [3.63, 3.8) is 0 Å². The maximum atomic E-state index is 13.1. The van der Waals surface area contributed by atoms with Crippen molar-refractivity contribution >= 4 is 15.9 Å². The molecule has 1 atom stereocenters. The summed E-state index contributed by atoms with van der Waals surface area (Å²) < 4.78 is 39.9. The van der Waals surface area contributed by atoms with Crippen LogP contribution in [0.4, 0.5) is 4.39 Å². The lowest BCUT2D eigenvalue weighted by atomic mass is 9.98. The molecule has 0 radical (unpaired) electrons. The summed E-state index contributed by atoms with van der Waals surface area (Å²) >= 11 is 0. The van der Waals surface area contributed by atoms with Crippen LogP contribution >= 0.6 is 0 Å². The molecule has 0 bridgehead atoms. The van der Waals surface area contributed by atoms with Crippen LogP contribution in [0.25, 0.3) is 0 Å². The summed E-state index contributed by atoms with van der Waals surface area (Å²) in [5.41, 5.74) is 2.14. The Morgan fingerprint density at radius 2 is 1.89 bits per heavy atom. The smallest absolute Gasteiger partial charge is 0.243 e. The average Bonchev–Trinajstić information content (AvgIpc) is 2.67. The van der Waals surface area contributed by atoms with Crippen LogP contribution < -0.4 is 5.32 Å². The largest absolute Gasteiger partial charge is 0.352 e. The predicted molar refractivity (Wildman–Crippen MR) is 101 cm³/mol. The molecule has 1 unspecified atom stereocenters. The minimum Gasteiger partial charge on any atom is -0.352 e. The van der Waals surface area contributed by atoms with Crippen molar-refractivity contribution in [2.45, 2.75) is 31.2 Å². The van der Waals surface area contributed by atoms with Gasteiger partial charge in [-0.2, -0.15) is 4.31 Å². The second-order valence-corrected chi connectivity index (χ2v) is 8.74. The van der Waals surface area contributed by atoms with Crippen LogP contribution in [0.3, 0.4) is 0 Å². The zero-order chi connectivity index (χ0) is 19.4. The average molecular weight is 390 g/mol. The van der Waals surface area contributed by atoms with Crippen LogP contribution in [0.2, 0.25) is 0 Å². The molecule has 0 spiro atoms. The molecular weight excluding hydrogens is 367 g/mol. The van der Waals surface area contributed by atoms with Gasteiger partial charge >= 0.3 is 0 Å². The molecule has 7 heteroatoms. The van der Waals surface area contributed by atoms with E-state index in [9.17, 15) is 17.6 Å². The van der Waals surface area contributed by atoms with Gasteiger partial charge in [-0.15, -0.1) is 0 Å². The lowest BCUT2D eigenvalue weighted by Gasteiger charge is -2.31. The summed E-state index contributed by atoms with van der Waals surface area (Å²) in [7, 11) is -3.73. The van der Waals surface area contributed by atoms with Crippen molar-refractivity contribution in [3.8, 4) is 0 Å². The summed E-state index contributed by atoms with van der Waals surface area (Å²) in [6.45, 7) is 2.91. The first-order valence-corrected chi connectivity index (χ1v) is 10.4. The number of nitrogens with zero attached hydrogens (tertiary/aromatic N) is 1. The van der Waals surface area contributed by atoms with Gasteiger partial charge in [0.25, 0.3) is 0 Å². The Morgan fingerprint density at radius 3 is 2.59 bits per heavy atom. The van der Waals surface area contributed by atoms with E-state index in [2.05, 4.69) is 5.32 Å². The van der Waals surface area contributed by atoms with Gasteiger partial charge in [0.1, 0.15) is 5.82 Å². The van der Waals surface area contributed by atoms with Crippen LogP contribution in [-0.2, 0) is 21.4 Å². The fourth-order valence-corrected chi connectivity index (χ4v) is 4.79. The highest BCUT2D eigenvalue weighted by atomic mass is 32.2. The molecule has 1 saturated heterocycles. The highest BCUT2D eigenvalue weighted by Crippen LogP contribution is 2.24. The maximum Gasteiger partial charge on any atom is 0.243 e. The normalized spacial score (nSPS) is 18.2. The Hall–Kier alpha value is -2.25. The third kappa shape index (κ3) is 4.54. The van der Waals surface area contributed by atoms with Crippen LogP contribution in [-0.4, -0.2) is 31.7 Å². The van der Waals surface area contributed by atoms with E-state index in [-0.39, 0.29) is 17.3 Å². The van der Waals surface area contributed by atoms with Gasteiger partial charge in [-0.3, -0.25) is 4.79 Å². The summed E-state index contributed by atoms with van der Waals surface area (Å²) in [5.74, 6) is -1.02. The second kappa shape index (κ2) is 8.19. The van der Waals surface area contributed by atoms with Crippen LogP contribution in [0.15, 0.2) is 53.4 Å². The number of carbonyl (C=O) groups excluding carboxylic acids is 1. The van der Waals surface area contributed by atoms with E-state index in [4.69, 9.17) is 0 Å². The molecule has 1 aliphatic heterocycles. The van der Waals surface area contributed by atoms with E-state index >= 15 is 0 Å². The van der Waals surface area contributed by atoms with Crippen LogP contribution in [0.1, 0.15) is 24.0 Å². The molecule has 2 aromatic carbocycles.